The number of halogens is 2. The highest BCUT2D eigenvalue weighted by Crippen LogP contribution is 2.45. The van der Waals surface area contributed by atoms with Gasteiger partial charge in [-0.05, 0) is 96.6 Å². The van der Waals surface area contributed by atoms with Gasteiger partial charge in [0.25, 0.3) is 16.1 Å². The van der Waals surface area contributed by atoms with E-state index in [1.807, 2.05) is 20.8 Å². The first-order chi connectivity index (χ1) is 23.1. The molecule has 5 heterocycles. The lowest BCUT2D eigenvalue weighted by Gasteiger charge is -2.54. The molecule has 4 fully saturated rings. The third-order valence-electron chi connectivity index (χ3n) is 10.6. The zero-order valence-corrected chi connectivity index (χ0v) is 30.7. The normalized spacial score (nSPS) is 21.2. The number of ether oxygens (including phenoxy) is 1. The van der Waals surface area contributed by atoms with Crippen LogP contribution >= 0.6 is 12.4 Å². The number of anilines is 1. The maximum Gasteiger partial charge on any atom is 0.282 e. The van der Waals surface area contributed by atoms with Crippen LogP contribution in [0.3, 0.4) is 0 Å². The van der Waals surface area contributed by atoms with Gasteiger partial charge in [0, 0.05) is 70.4 Å². The Kier molecular flexibility index (Phi) is 12.4. The largest absolute Gasteiger partial charge is 0.451 e. The van der Waals surface area contributed by atoms with Gasteiger partial charge in [0.1, 0.15) is 17.9 Å². The van der Waals surface area contributed by atoms with E-state index in [1.54, 1.807) is 19.7 Å². The Bertz CT molecular complexity index is 1520. The molecule has 1 aromatic carbocycles. The predicted molar refractivity (Wildman–Crippen MR) is 190 cm³/mol. The minimum absolute atomic E-state index is 0. The third-order valence-corrected chi connectivity index (χ3v) is 12.6. The van der Waals surface area contributed by atoms with Crippen LogP contribution in [0.2, 0.25) is 0 Å². The number of hydrogen-bond acceptors (Lipinski definition) is 9. The van der Waals surface area contributed by atoms with Gasteiger partial charge in [0.05, 0.1) is 11.8 Å². The van der Waals surface area contributed by atoms with E-state index in [2.05, 4.69) is 25.1 Å². The molecule has 1 aromatic heterocycles. The molecule has 0 unspecified atom stereocenters. The van der Waals surface area contributed by atoms with Crippen LogP contribution < -0.4 is 15.0 Å². The highest BCUT2D eigenvalue weighted by atomic mass is 35.5. The third kappa shape index (κ3) is 8.48. The fraction of sp³-hybridized carbons (Fsp3) is 0.676. The van der Waals surface area contributed by atoms with E-state index in [0.717, 1.165) is 71.4 Å². The van der Waals surface area contributed by atoms with Gasteiger partial charge in [-0.3, -0.25) is 4.79 Å². The van der Waals surface area contributed by atoms with Gasteiger partial charge < -0.3 is 24.8 Å². The maximum atomic E-state index is 14.3. The summed E-state index contributed by atoms with van der Waals surface area (Å²) in [6.07, 6.45) is 7.98. The van der Waals surface area contributed by atoms with Crippen LogP contribution in [-0.4, -0.2) is 127 Å². The molecule has 0 bridgehead atoms. The van der Waals surface area contributed by atoms with Crippen LogP contribution in [0.5, 0.6) is 11.5 Å². The van der Waals surface area contributed by atoms with Gasteiger partial charge in [0.2, 0.25) is 0 Å². The van der Waals surface area contributed by atoms with Crippen molar-refractivity contribution < 1.29 is 22.3 Å². The van der Waals surface area contributed by atoms with Crippen molar-refractivity contribution in [2.24, 2.45) is 11.3 Å². The molecule has 0 saturated carbocycles. The minimum atomic E-state index is -3.38. The lowest BCUT2D eigenvalue weighted by molar-refractivity contribution is 0.0607. The zero-order valence-electron chi connectivity index (χ0n) is 29.0. The molecule has 1 N–H and O–H groups in total. The molecular formula is C34H52ClFN8O4S. The number of carbonyl (C=O) groups is 1. The van der Waals surface area contributed by atoms with E-state index in [-0.39, 0.29) is 41.1 Å². The van der Waals surface area contributed by atoms with Crippen molar-refractivity contribution in [3.8, 4) is 11.5 Å². The quantitative estimate of drug-likeness (QED) is 0.391. The number of rotatable bonds is 10. The Morgan fingerprint density at radius 1 is 1.06 bits per heavy atom. The van der Waals surface area contributed by atoms with Crippen molar-refractivity contribution in [2.45, 2.75) is 58.9 Å². The van der Waals surface area contributed by atoms with Crippen LogP contribution in [0.4, 0.5) is 10.2 Å². The molecule has 15 heteroatoms. The van der Waals surface area contributed by atoms with Crippen molar-refractivity contribution >= 4 is 34.3 Å². The maximum absolute atomic E-state index is 14.3. The lowest BCUT2D eigenvalue weighted by Crippen LogP contribution is -2.61. The minimum Gasteiger partial charge on any atom is -0.451 e. The van der Waals surface area contributed by atoms with Crippen molar-refractivity contribution in [1.82, 2.24) is 33.7 Å². The number of likely N-dealkylation sites (tertiary alicyclic amines) is 1. The van der Waals surface area contributed by atoms with Crippen LogP contribution in [-0.2, 0) is 10.2 Å². The monoisotopic (exact) mass is 722 g/mol. The fourth-order valence-electron chi connectivity index (χ4n) is 7.74. The first kappa shape index (κ1) is 37.6. The highest BCUT2D eigenvalue weighted by Gasteiger charge is 2.46. The summed E-state index contributed by atoms with van der Waals surface area (Å²) in [7, 11) is -3.38. The van der Waals surface area contributed by atoms with Gasteiger partial charge in [-0.1, -0.05) is 0 Å². The van der Waals surface area contributed by atoms with Gasteiger partial charge in [0.15, 0.2) is 11.6 Å². The second kappa shape index (κ2) is 16.2. The summed E-state index contributed by atoms with van der Waals surface area (Å²) in [5.41, 5.74) is 0.392. The molecule has 2 aromatic rings. The molecule has 1 spiro atoms. The van der Waals surface area contributed by atoms with Gasteiger partial charge in [-0.15, -0.1) is 12.4 Å². The molecule has 4 aliphatic rings. The second-order valence-electron chi connectivity index (χ2n) is 14.1. The Labute approximate surface area is 297 Å². The van der Waals surface area contributed by atoms with Crippen molar-refractivity contribution in [1.29, 1.82) is 0 Å². The summed E-state index contributed by atoms with van der Waals surface area (Å²) in [4.78, 5) is 28.5. The number of nitrogens with one attached hydrogen (secondary N) is 1. The summed E-state index contributed by atoms with van der Waals surface area (Å²) in [6, 6.07) is 3.99. The predicted octanol–water partition coefficient (Wildman–Crippen LogP) is 3.85. The van der Waals surface area contributed by atoms with Crippen molar-refractivity contribution in [3.05, 3.63) is 42.1 Å². The molecular weight excluding hydrogens is 671 g/mol. The molecule has 49 heavy (non-hydrogen) atoms. The number of aromatic nitrogens is 2. The lowest BCUT2D eigenvalue weighted by atomic mass is 9.72. The molecule has 6 rings (SSSR count). The first-order valence-corrected chi connectivity index (χ1v) is 19.0. The number of carbonyl (C=O) groups excluding carboxylic acids is 1. The van der Waals surface area contributed by atoms with Crippen molar-refractivity contribution in [3.63, 3.8) is 0 Å². The Balaban J connectivity index is 0.00000468. The standard InChI is InChI=1S/C34H51FN8O4S.ClH/c1-4-43(26(2)3)33(44)29-20-28(35)6-7-30(29)47-31-21-37-25-38-32(31)40-23-34(24-40)10-17-39(18-11-34)22-27-8-15-42(16-9-27)48(45,46)41-14-5-12-36-13-19-41;/h6-7,20-21,25-27,36H,4-5,8-19,22-24H2,1-3H3;1H. The SMILES string of the molecule is CCN(C(=O)c1cc(F)ccc1Oc1cncnc1N1CC2(CCN(CC3CCN(S(=O)(=O)N4CCCNCC4)CC3)CC2)C1)C(C)C.Cl. The fourth-order valence-corrected chi connectivity index (χ4v) is 9.42. The number of amides is 1. The number of hydrogen-bond donors (Lipinski definition) is 1. The first-order valence-electron chi connectivity index (χ1n) is 17.6. The van der Waals surface area contributed by atoms with Crippen molar-refractivity contribution in [2.75, 3.05) is 83.4 Å². The molecule has 4 saturated heterocycles. The van der Waals surface area contributed by atoms with E-state index >= 15 is 0 Å². The highest BCUT2D eigenvalue weighted by molar-refractivity contribution is 7.86. The van der Waals surface area contributed by atoms with Crippen LogP contribution in [0.15, 0.2) is 30.7 Å². The van der Waals surface area contributed by atoms with E-state index < -0.39 is 16.0 Å². The van der Waals surface area contributed by atoms with Crippen LogP contribution in [0, 0.1) is 17.2 Å². The van der Waals surface area contributed by atoms with Gasteiger partial charge in [-0.2, -0.15) is 17.0 Å². The summed E-state index contributed by atoms with van der Waals surface area (Å²) in [5, 5.41) is 3.29. The topological polar surface area (TPSA) is 114 Å². The molecule has 0 aliphatic carbocycles. The van der Waals surface area contributed by atoms with E-state index in [9.17, 15) is 17.6 Å². The van der Waals surface area contributed by atoms with Gasteiger partial charge >= 0.3 is 0 Å². The molecule has 12 nitrogen and oxygen atoms in total. The number of piperidine rings is 2. The second-order valence-corrected chi connectivity index (χ2v) is 16.1. The Hall–Kier alpha value is -2.62. The van der Waals surface area contributed by atoms with E-state index in [4.69, 9.17) is 4.74 Å². The molecule has 4 aliphatic heterocycles. The Morgan fingerprint density at radius 2 is 1.78 bits per heavy atom. The smallest absolute Gasteiger partial charge is 0.282 e. The summed E-state index contributed by atoms with van der Waals surface area (Å²) < 4.78 is 50.3. The van der Waals surface area contributed by atoms with E-state index in [1.165, 1.54) is 24.5 Å². The van der Waals surface area contributed by atoms with Crippen LogP contribution in [0.25, 0.3) is 0 Å². The van der Waals surface area contributed by atoms with Crippen LogP contribution in [0.1, 0.15) is 63.2 Å². The molecule has 1 amide bonds. The Morgan fingerprint density at radius 3 is 2.47 bits per heavy atom. The van der Waals surface area contributed by atoms with Gasteiger partial charge in [-0.25, -0.2) is 14.4 Å². The molecule has 0 atom stereocenters. The average molecular weight is 723 g/mol. The summed E-state index contributed by atoms with van der Waals surface area (Å²) >= 11 is 0. The summed E-state index contributed by atoms with van der Waals surface area (Å²) in [5.74, 6) is 1.14. The number of nitrogens with zero attached hydrogens (tertiary/aromatic N) is 7. The zero-order chi connectivity index (χ0) is 33.9. The molecule has 272 valence electrons. The van der Waals surface area contributed by atoms with E-state index in [0.29, 0.717) is 56.8 Å². The molecule has 0 radical (unpaired) electrons. The number of benzene rings is 1. The average Bonchev–Trinajstić information content (AvgIpc) is 3.36. The summed E-state index contributed by atoms with van der Waals surface area (Å²) in [6.45, 7) is 15.0.